The smallest absolute Gasteiger partial charge is 0.274 e. The first-order chi connectivity index (χ1) is 6.65. The Labute approximate surface area is 81.8 Å². The van der Waals surface area contributed by atoms with E-state index in [1.807, 2.05) is 0 Å². The van der Waals surface area contributed by atoms with Crippen LogP contribution in [0.2, 0.25) is 0 Å². The first-order valence-corrected chi connectivity index (χ1v) is 4.74. The Balaban J connectivity index is 1.99. The Bertz CT molecular complexity index is 322. The summed E-state index contributed by atoms with van der Waals surface area (Å²) in [5.74, 6) is 1.32. The van der Waals surface area contributed by atoms with E-state index in [9.17, 15) is 10.1 Å². The number of hydrogen-bond donors (Lipinski definition) is 2. The zero-order chi connectivity index (χ0) is 10.1. The Morgan fingerprint density at radius 2 is 2.50 bits per heavy atom. The molecular formula is C9H13N3O2. The lowest BCUT2D eigenvalue weighted by atomic mass is 10.0. The maximum atomic E-state index is 10.1. The van der Waals surface area contributed by atoms with Crippen LogP contribution in [0.5, 0.6) is 0 Å². The van der Waals surface area contributed by atoms with E-state index in [0.717, 1.165) is 11.9 Å². The van der Waals surface area contributed by atoms with E-state index in [-0.39, 0.29) is 5.82 Å². The molecule has 2 aliphatic rings. The van der Waals surface area contributed by atoms with Crippen molar-refractivity contribution in [3.8, 4) is 0 Å². The van der Waals surface area contributed by atoms with Crippen molar-refractivity contribution in [2.75, 3.05) is 0 Å². The van der Waals surface area contributed by atoms with Crippen molar-refractivity contribution in [1.82, 2.24) is 5.32 Å². The molecule has 2 atom stereocenters. The molecule has 5 nitrogen and oxygen atoms in total. The summed E-state index contributed by atoms with van der Waals surface area (Å²) < 4.78 is 0. The molecule has 0 aromatic rings. The molecule has 14 heavy (non-hydrogen) atoms. The molecule has 0 heterocycles. The summed E-state index contributed by atoms with van der Waals surface area (Å²) in [5.41, 5.74) is 6.52. The van der Waals surface area contributed by atoms with Crippen LogP contribution in [-0.4, -0.2) is 4.92 Å². The molecule has 0 spiro atoms. The van der Waals surface area contributed by atoms with Gasteiger partial charge in [0, 0.05) is 5.70 Å². The number of nitrogens with two attached hydrogens (primary N) is 1. The third-order valence-electron chi connectivity index (χ3n) is 2.86. The average Bonchev–Trinajstić information content (AvgIpc) is 2.62. The van der Waals surface area contributed by atoms with E-state index < -0.39 is 4.92 Å². The molecule has 0 radical (unpaired) electrons. The molecule has 0 aromatic carbocycles. The van der Waals surface area contributed by atoms with Crippen LogP contribution in [0.1, 0.15) is 19.3 Å². The molecule has 5 heteroatoms. The van der Waals surface area contributed by atoms with Crippen LogP contribution < -0.4 is 11.1 Å². The van der Waals surface area contributed by atoms with Crippen molar-refractivity contribution in [2.24, 2.45) is 17.6 Å². The Kier molecular flexibility index (Phi) is 2.15. The van der Waals surface area contributed by atoms with Gasteiger partial charge in [-0.15, -0.1) is 0 Å². The summed E-state index contributed by atoms with van der Waals surface area (Å²) in [6.07, 6.45) is 6.54. The van der Waals surface area contributed by atoms with E-state index in [0.29, 0.717) is 11.8 Å². The minimum atomic E-state index is -0.546. The fraction of sp³-hybridized carbons (Fsp3) is 0.556. The lowest BCUT2D eigenvalue weighted by molar-refractivity contribution is -0.403. The second kappa shape index (κ2) is 3.32. The first-order valence-electron chi connectivity index (χ1n) is 4.74. The molecular weight excluding hydrogens is 182 g/mol. The number of nitrogens with zero attached hydrogens (tertiary/aromatic N) is 1. The lowest BCUT2D eigenvalue weighted by Gasteiger charge is -2.14. The van der Waals surface area contributed by atoms with Crippen molar-refractivity contribution in [3.63, 3.8) is 0 Å². The molecule has 3 N–H and O–H groups in total. The van der Waals surface area contributed by atoms with E-state index in [1.54, 1.807) is 0 Å². The molecule has 0 aliphatic heterocycles. The topological polar surface area (TPSA) is 81.2 Å². The second-order valence-electron chi connectivity index (χ2n) is 3.89. The van der Waals surface area contributed by atoms with Crippen LogP contribution in [-0.2, 0) is 0 Å². The van der Waals surface area contributed by atoms with Crippen molar-refractivity contribution in [2.45, 2.75) is 19.3 Å². The summed E-state index contributed by atoms with van der Waals surface area (Å²) in [4.78, 5) is 9.59. The van der Waals surface area contributed by atoms with Crippen LogP contribution in [0.3, 0.4) is 0 Å². The molecule has 2 rings (SSSR count). The summed E-state index contributed by atoms with van der Waals surface area (Å²) in [5, 5.41) is 13.0. The highest BCUT2D eigenvalue weighted by Crippen LogP contribution is 2.42. The monoisotopic (exact) mass is 195 g/mol. The van der Waals surface area contributed by atoms with Gasteiger partial charge in [-0.1, -0.05) is 6.08 Å². The van der Waals surface area contributed by atoms with E-state index in [1.165, 1.54) is 19.3 Å². The summed E-state index contributed by atoms with van der Waals surface area (Å²) in [6.45, 7) is 0. The van der Waals surface area contributed by atoms with E-state index in [4.69, 9.17) is 5.73 Å². The molecule has 2 aliphatic carbocycles. The van der Waals surface area contributed by atoms with Gasteiger partial charge in [-0.25, -0.2) is 0 Å². The highest BCUT2D eigenvalue weighted by molar-refractivity contribution is 5.21. The quantitative estimate of drug-likeness (QED) is 0.518. The number of nitrogens with one attached hydrogen (secondary N) is 1. The highest BCUT2D eigenvalue weighted by atomic mass is 16.6. The van der Waals surface area contributed by atoms with Gasteiger partial charge in [0.1, 0.15) is 0 Å². The fourth-order valence-electron chi connectivity index (χ4n) is 2.30. The molecule has 2 bridgehead atoms. The van der Waals surface area contributed by atoms with Crippen molar-refractivity contribution in [3.05, 3.63) is 33.9 Å². The largest absolute Gasteiger partial charge is 0.380 e. The first kappa shape index (κ1) is 9.05. The average molecular weight is 195 g/mol. The van der Waals surface area contributed by atoms with Gasteiger partial charge < -0.3 is 11.1 Å². The fourth-order valence-corrected chi connectivity index (χ4v) is 2.30. The van der Waals surface area contributed by atoms with Crippen LogP contribution >= 0.6 is 0 Å². The number of nitro groups is 1. The Morgan fingerprint density at radius 1 is 1.71 bits per heavy atom. The summed E-state index contributed by atoms with van der Waals surface area (Å²) in [7, 11) is 0. The predicted octanol–water partition coefficient (Wildman–Crippen LogP) is 0.924. The summed E-state index contributed by atoms with van der Waals surface area (Å²) >= 11 is 0. The zero-order valence-corrected chi connectivity index (χ0v) is 7.77. The van der Waals surface area contributed by atoms with Crippen molar-refractivity contribution in [1.29, 1.82) is 0 Å². The molecule has 76 valence electrons. The third kappa shape index (κ3) is 1.71. The molecule has 0 amide bonds. The van der Waals surface area contributed by atoms with Gasteiger partial charge in [0.25, 0.3) is 6.20 Å². The molecule has 1 saturated carbocycles. The zero-order valence-electron chi connectivity index (χ0n) is 7.77. The number of fused-ring (bicyclic) bond motifs is 2. The van der Waals surface area contributed by atoms with Crippen LogP contribution in [0.4, 0.5) is 0 Å². The number of hydrogen-bond acceptors (Lipinski definition) is 4. The normalized spacial score (nSPS) is 30.3. The Morgan fingerprint density at radius 3 is 3.00 bits per heavy atom. The van der Waals surface area contributed by atoms with Crippen molar-refractivity contribution >= 4 is 0 Å². The van der Waals surface area contributed by atoms with Crippen LogP contribution in [0, 0.1) is 22.0 Å². The molecule has 2 unspecified atom stereocenters. The SMILES string of the molecule is NC(=C[N+](=O)[O-])NC1=CC2CCC1C2. The highest BCUT2D eigenvalue weighted by Gasteiger charge is 2.32. The summed E-state index contributed by atoms with van der Waals surface area (Å²) in [6, 6.07) is 0. The van der Waals surface area contributed by atoms with E-state index >= 15 is 0 Å². The van der Waals surface area contributed by atoms with Gasteiger partial charge in [-0.3, -0.25) is 10.1 Å². The molecule has 0 saturated heterocycles. The minimum absolute atomic E-state index is 0.119. The van der Waals surface area contributed by atoms with Gasteiger partial charge in [0.15, 0.2) is 5.82 Å². The number of allylic oxidation sites excluding steroid dienone is 2. The third-order valence-corrected chi connectivity index (χ3v) is 2.86. The van der Waals surface area contributed by atoms with Gasteiger partial charge in [0.2, 0.25) is 0 Å². The second-order valence-corrected chi connectivity index (χ2v) is 3.89. The van der Waals surface area contributed by atoms with Gasteiger partial charge >= 0.3 is 0 Å². The van der Waals surface area contributed by atoms with Crippen LogP contribution in [0.15, 0.2) is 23.8 Å². The minimum Gasteiger partial charge on any atom is -0.380 e. The van der Waals surface area contributed by atoms with Gasteiger partial charge in [-0.2, -0.15) is 0 Å². The predicted molar refractivity (Wildman–Crippen MR) is 51.3 cm³/mol. The lowest BCUT2D eigenvalue weighted by Crippen LogP contribution is -2.23. The van der Waals surface area contributed by atoms with E-state index in [2.05, 4.69) is 11.4 Å². The maximum absolute atomic E-state index is 10.1. The van der Waals surface area contributed by atoms with Crippen LogP contribution in [0.25, 0.3) is 0 Å². The van der Waals surface area contributed by atoms with Crippen molar-refractivity contribution < 1.29 is 4.92 Å². The Hall–Kier alpha value is -1.52. The van der Waals surface area contributed by atoms with Gasteiger partial charge in [-0.05, 0) is 31.1 Å². The molecule has 1 fully saturated rings. The number of rotatable bonds is 3. The molecule has 0 aromatic heterocycles. The van der Waals surface area contributed by atoms with Gasteiger partial charge in [0.05, 0.1) is 4.92 Å². The standard InChI is InChI=1S/C9H13N3O2/c10-9(5-12(13)14)11-8-4-6-1-2-7(8)3-6/h4-7,11H,1-3,10H2. The maximum Gasteiger partial charge on any atom is 0.274 e.